The van der Waals surface area contributed by atoms with Crippen LogP contribution in [0, 0.1) is 0 Å². The van der Waals surface area contributed by atoms with Crippen molar-refractivity contribution in [1.29, 1.82) is 0 Å². The van der Waals surface area contributed by atoms with E-state index < -0.39 is 28.5 Å². The molecule has 2 amide bonds. The lowest BCUT2D eigenvalue weighted by Gasteiger charge is -2.34. The summed E-state index contributed by atoms with van der Waals surface area (Å²) in [4.78, 5) is 29.8. The van der Waals surface area contributed by atoms with Gasteiger partial charge in [0.05, 0.1) is 20.6 Å². The van der Waals surface area contributed by atoms with Crippen LogP contribution in [0.3, 0.4) is 0 Å². The van der Waals surface area contributed by atoms with E-state index in [1.165, 1.54) is 17.0 Å². The molecule has 4 aromatic rings. The van der Waals surface area contributed by atoms with Crippen LogP contribution in [0.25, 0.3) is 0 Å². The predicted octanol–water partition coefficient (Wildman–Crippen LogP) is 6.13. The van der Waals surface area contributed by atoms with Crippen LogP contribution in [0.5, 0.6) is 11.5 Å². The third-order valence-electron chi connectivity index (χ3n) is 7.58. The number of hydrogen-bond acceptors (Lipinski definition) is 6. The van der Waals surface area contributed by atoms with Gasteiger partial charge in [-0.05, 0) is 53.9 Å². The number of amides is 2. The molecule has 1 aliphatic rings. The average molecular weight is 697 g/mol. The fourth-order valence-electron chi connectivity index (χ4n) is 5.19. The quantitative estimate of drug-likeness (QED) is 0.181. The minimum atomic E-state index is -4.26. The summed E-state index contributed by atoms with van der Waals surface area (Å²) in [5.74, 6) is -0.123. The second-order valence-corrected chi connectivity index (χ2v) is 13.6. The number of hydrogen-bond donors (Lipinski definition) is 1. The second-order valence-electron chi connectivity index (χ2n) is 10.9. The van der Waals surface area contributed by atoms with E-state index in [0.717, 1.165) is 9.87 Å². The lowest BCUT2D eigenvalue weighted by Crippen LogP contribution is -2.53. The number of nitrogens with zero attached hydrogens (tertiary/aromatic N) is 2. The Labute approximate surface area is 285 Å². The molecule has 0 bridgehead atoms. The molecule has 9 nitrogen and oxygen atoms in total. The van der Waals surface area contributed by atoms with Crippen molar-refractivity contribution in [2.45, 2.75) is 37.2 Å². The molecular weight excluding hydrogens is 661 g/mol. The SMILES string of the molecule is CCCNC(=O)[C@H](Cc1ccccc1)N(Cc1ccc(Cl)c(Cl)c1)C(=O)CN(c1ccc2c(c1)OCCO2)S(=O)(=O)c1ccccc1. The summed E-state index contributed by atoms with van der Waals surface area (Å²) in [6.45, 7) is 2.36. The summed E-state index contributed by atoms with van der Waals surface area (Å²) >= 11 is 12.5. The molecule has 47 heavy (non-hydrogen) atoms. The number of nitrogens with one attached hydrogen (secondary N) is 1. The van der Waals surface area contributed by atoms with Crippen LogP contribution in [-0.2, 0) is 32.6 Å². The fraction of sp³-hybridized carbons (Fsp3) is 0.257. The maximum absolute atomic E-state index is 14.6. The van der Waals surface area contributed by atoms with Gasteiger partial charge in [-0.2, -0.15) is 0 Å². The first-order valence-electron chi connectivity index (χ1n) is 15.2. The summed E-state index contributed by atoms with van der Waals surface area (Å²) in [7, 11) is -4.26. The Bertz CT molecular complexity index is 1810. The predicted molar refractivity (Wildman–Crippen MR) is 183 cm³/mol. The van der Waals surface area contributed by atoms with Crippen LogP contribution < -0.4 is 19.1 Å². The van der Waals surface area contributed by atoms with Gasteiger partial charge in [0.1, 0.15) is 25.8 Å². The zero-order valence-corrected chi connectivity index (χ0v) is 28.1. The second kappa shape index (κ2) is 15.6. The zero-order valence-electron chi connectivity index (χ0n) is 25.8. The zero-order chi connectivity index (χ0) is 33.4. The molecule has 0 aliphatic carbocycles. The number of sulfonamides is 1. The first kappa shape index (κ1) is 34.1. The number of anilines is 1. The Morgan fingerprint density at radius 2 is 1.51 bits per heavy atom. The topological polar surface area (TPSA) is 105 Å². The molecule has 246 valence electrons. The maximum Gasteiger partial charge on any atom is 0.264 e. The van der Waals surface area contributed by atoms with Gasteiger partial charge in [-0.3, -0.25) is 13.9 Å². The first-order valence-corrected chi connectivity index (χ1v) is 17.4. The Kier molecular flexibility index (Phi) is 11.3. The van der Waals surface area contributed by atoms with Crippen molar-refractivity contribution >= 4 is 50.7 Å². The number of benzene rings is 4. The Hall–Kier alpha value is -4.25. The van der Waals surface area contributed by atoms with Crippen LogP contribution in [0.15, 0.2) is 102 Å². The van der Waals surface area contributed by atoms with Crippen LogP contribution in [0.4, 0.5) is 5.69 Å². The van der Waals surface area contributed by atoms with Gasteiger partial charge >= 0.3 is 0 Å². The molecule has 0 fully saturated rings. The van der Waals surface area contributed by atoms with Crippen LogP contribution in [0.2, 0.25) is 10.0 Å². The van der Waals surface area contributed by atoms with Gasteiger partial charge in [-0.25, -0.2) is 8.42 Å². The molecule has 0 spiro atoms. The molecule has 1 atom stereocenters. The van der Waals surface area contributed by atoms with E-state index in [9.17, 15) is 18.0 Å². The van der Waals surface area contributed by atoms with Crippen molar-refractivity contribution in [2.24, 2.45) is 0 Å². The lowest BCUT2D eigenvalue weighted by molar-refractivity contribution is -0.140. The van der Waals surface area contributed by atoms with E-state index in [0.29, 0.717) is 48.3 Å². The largest absolute Gasteiger partial charge is 0.486 e. The average Bonchev–Trinajstić information content (AvgIpc) is 3.09. The third-order valence-corrected chi connectivity index (χ3v) is 10.1. The molecule has 0 aromatic heterocycles. The first-order chi connectivity index (χ1) is 22.7. The minimum Gasteiger partial charge on any atom is -0.486 e. The number of fused-ring (bicyclic) bond motifs is 1. The monoisotopic (exact) mass is 695 g/mol. The Balaban J connectivity index is 1.59. The van der Waals surface area contributed by atoms with Gasteiger partial charge in [0.2, 0.25) is 11.8 Å². The highest BCUT2D eigenvalue weighted by Crippen LogP contribution is 2.36. The van der Waals surface area contributed by atoms with E-state index in [2.05, 4.69) is 5.32 Å². The molecule has 0 saturated carbocycles. The smallest absolute Gasteiger partial charge is 0.264 e. The van der Waals surface area contributed by atoms with Gasteiger partial charge < -0.3 is 19.7 Å². The molecule has 1 N–H and O–H groups in total. The van der Waals surface area contributed by atoms with Gasteiger partial charge in [0.25, 0.3) is 10.0 Å². The van der Waals surface area contributed by atoms with Crippen molar-refractivity contribution in [1.82, 2.24) is 10.2 Å². The number of carbonyl (C=O) groups is 2. The summed E-state index contributed by atoms with van der Waals surface area (Å²) in [6.07, 6.45) is 0.886. The highest BCUT2D eigenvalue weighted by molar-refractivity contribution is 7.92. The van der Waals surface area contributed by atoms with Crippen molar-refractivity contribution in [3.8, 4) is 11.5 Å². The van der Waals surface area contributed by atoms with Crippen molar-refractivity contribution in [3.63, 3.8) is 0 Å². The normalized spacial score (nSPS) is 13.0. The van der Waals surface area contributed by atoms with Crippen LogP contribution in [0.1, 0.15) is 24.5 Å². The summed E-state index contributed by atoms with van der Waals surface area (Å²) in [5, 5.41) is 3.56. The van der Waals surface area contributed by atoms with Gasteiger partial charge in [-0.1, -0.05) is 84.7 Å². The number of carbonyl (C=O) groups excluding carboxylic acids is 2. The van der Waals surface area contributed by atoms with Gasteiger partial charge in [0.15, 0.2) is 11.5 Å². The van der Waals surface area contributed by atoms with E-state index in [4.69, 9.17) is 32.7 Å². The van der Waals surface area contributed by atoms with Crippen molar-refractivity contribution < 1.29 is 27.5 Å². The Morgan fingerprint density at radius 3 is 2.19 bits per heavy atom. The molecule has 1 aliphatic heterocycles. The van der Waals surface area contributed by atoms with Gasteiger partial charge in [-0.15, -0.1) is 0 Å². The standard InChI is InChI=1S/C35H35Cl2N3O6S/c1-2-17-38-35(42)31(21-25-9-5-3-6-10-25)39(23-26-13-15-29(36)30(37)20-26)34(41)24-40(47(43,44)28-11-7-4-8-12-28)27-14-16-32-33(22-27)46-19-18-45-32/h3-16,20,22,31H,2,17-19,21,23-24H2,1H3,(H,38,42)/t31-/m0/s1. The molecule has 4 aromatic carbocycles. The fourth-order valence-corrected chi connectivity index (χ4v) is 6.94. The molecule has 0 saturated heterocycles. The van der Waals surface area contributed by atoms with E-state index >= 15 is 0 Å². The number of rotatable bonds is 13. The summed E-state index contributed by atoms with van der Waals surface area (Å²) < 4.78 is 40.8. The maximum atomic E-state index is 14.6. The number of halogens is 2. The highest BCUT2D eigenvalue weighted by atomic mass is 35.5. The van der Waals surface area contributed by atoms with Crippen molar-refractivity contribution in [3.05, 3.63) is 118 Å². The van der Waals surface area contributed by atoms with E-state index in [-0.39, 0.29) is 34.5 Å². The van der Waals surface area contributed by atoms with Crippen molar-refractivity contribution in [2.75, 3.05) is 30.6 Å². The summed E-state index contributed by atoms with van der Waals surface area (Å²) in [6, 6.07) is 25.9. The highest BCUT2D eigenvalue weighted by Gasteiger charge is 2.35. The molecule has 12 heteroatoms. The van der Waals surface area contributed by atoms with E-state index in [1.807, 2.05) is 37.3 Å². The molecule has 0 radical (unpaired) electrons. The van der Waals surface area contributed by atoms with E-state index in [1.54, 1.807) is 54.6 Å². The number of ether oxygens (including phenoxy) is 2. The molecular formula is C35H35Cl2N3O6S. The van der Waals surface area contributed by atoms with Crippen LogP contribution >= 0.6 is 23.2 Å². The van der Waals surface area contributed by atoms with Gasteiger partial charge in [0, 0.05) is 25.6 Å². The molecule has 5 rings (SSSR count). The minimum absolute atomic E-state index is 0.000228. The summed E-state index contributed by atoms with van der Waals surface area (Å²) in [5.41, 5.74) is 1.65. The van der Waals surface area contributed by atoms with Crippen LogP contribution in [-0.4, -0.2) is 57.5 Å². The Morgan fingerprint density at radius 1 is 0.830 bits per heavy atom. The lowest BCUT2D eigenvalue weighted by atomic mass is 10.0. The molecule has 1 heterocycles. The third kappa shape index (κ3) is 8.38. The molecule has 0 unspecified atom stereocenters.